The number of aliphatic hydroxyl groups excluding tert-OH is 1. The van der Waals surface area contributed by atoms with Gasteiger partial charge in [-0.1, -0.05) is 0 Å². The molecule has 1 aromatic rings. The van der Waals surface area contributed by atoms with E-state index in [-0.39, 0.29) is 12.1 Å². The van der Waals surface area contributed by atoms with Crippen molar-refractivity contribution in [1.29, 1.82) is 0 Å². The van der Waals surface area contributed by atoms with Gasteiger partial charge in [-0.3, -0.25) is 9.69 Å². The second-order valence-corrected chi connectivity index (χ2v) is 6.82. The Morgan fingerprint density at radius 2 is 2.04 bits per heavy atom. The first-order valence-corrected chi connectivity index (χ1v) is 8.50. The number of ether oxygens (including phenoxy) is 1. The molecule has 9 heteroatoms. The van der Waals surface area contributed by atoms with Crippen molar-refractivity contribution in [2.24, 2.45) is 0 Å². The van der Waals surface area contributed by atoms with Crippen LogP contribution in [0.5, 0.6) is 0 Å². The normalized spacial score (nSPS) is 25.5. The van der Waals surface area contributed by atoms with Crippen LogP contribution in [0.4, 0.5) is 13.6 Å². The SMILES string of the molecule is C[C@@]1(c2cc(F)ccc2F)NC(=O)N(C[C@@H](O)C[NH+]2CCOCC2)C1=O. The molecule has 0 saturated carbocycles. The van der Waals surface area contributed by atoms with Gasteiger partial charge in [0.05, 0.1) is 19.8 Å². The Morgan fingerprint density at radius 3 is 2.73 bits per heavy atom. The van der Waals surface area contributed by atoms with E-state index >= 15 is 0 Å². The van der Waals surface area contributed by atoms with Gasteiger partial charge in [0.2, 0.25) is 0 Å². The van der Waals surface area contributed by atoms with Crippen LogP contribution in [0.2, 0.25) is 0 Å². The van der Waals surface area contributed by atoms with Crippen LogP contribution in [0.3, 0.4) is 0 Å². The average molecular weight is 370 g/mol. The number of benzene rings is 1. The van der Waals surface area contributed by atoms with Crippen LogP contribution in [0, 0.1) is 11.6 Å². The third kappa shape index (κ3) is 3.55. The molecule has 2 heterocycles. The summed E-state index contributed by atoms with van der Waals surface area (Å²) in [5.41, 5.74) is -1.96. The lowest BCUT2D eigenvalue weighted by atomic mass is 9.91. The number of morpholine rings is 1. The highest BCUT2D eigenvalue weighted by Gasteiger charge is 2.50. The average Bonchev–Trinajstić information content (AvgIpc) is 2.82. The van der Waals surface area contributed by atoms with Gasteiger partial charge >= 0.3 is 6.03 Å². The van der Waals surface area contributed by atoms with Crippen LogP contribution < -0.4 is 10.2 Å². The molecule has 2 fully saturated rings. The Morgan fingerprint density at radius 1 is 1.35 bits per heavy atom. The van der Waals surface area contributed by atoms with Crippen molar-refractivity contribution in [1.82, 2.24) is 10.2 Å². The van der Waals surface area contributed by atoms with Gasteiger partial charge in [-0.2, -0.15) is 0 Å². The van der Waals surface area contributed by atoms with Gasteiger partial charge in [-0.25, -0.2) is 13.6 Å². The van der Waals surface area contributed by atoms with Crippen LogP contribution in [0.25, 0.3) is 0 Å². The summed E-state index contributed by atoms with van der Waals surface area (Å²) in [5.74, 6) is -2.22. The summed E-state index contributed by atoms with van der Waals surface area (Å²) in [6, 6.07) is 2.01. The third-order valence-electron chi connectivity index (χ3n) is 4.86. The minimum Gasteiger partial charge on any atom is -0.385 e. The topological polar surface area (TPSA) is 83.3 Å². The smallest absolute Gasteiger partial charge is 0.325 e. The maximum Gasteiger partial charge on any atom is 0.325 e. The van der Waals surface area contributed by atoms with Gasteiger partial charge in [-0.05, 0) is 25.1 Å². The second-order valence-electron chi connectivity index (χ2n) is 6.82. The predicted molar refractivity (Wildman–Crippen MR) is 86.3 cm³/mol. The Hall–Kier alpha value is -2.10. The van der Waals surface area contributed by atoms with Gasteiger partial charge in [0, 0.05) is 5.56 Å². The van der Waals surface area contributed by atoms with Crippen LogP contribution in [0.15, 0.2) is 18.2 Å². The minimum atomic E-state index is -1.71. The Bertz CT molecular complexity index is 711. The van der Waals surface area contributed by atoms with Crippen molar-refractivity contribution in [3.8, 4) is 0 Å². The lowest BCUT2D eigenvalue weighted by Crippen LogP contribution is -3.15. The molecule has 0 unspecified atom stereocenters. The van der Waals surface area contributed by atoms with Crippen LogP contribution in [-0.2, 0) is 15.1 Å². The zero-order chi connectivity index (χ0) is 18.9. The number of nitrogens with one attached hydrogen (secondary N) is 2. The minimum absolute atomic E-state index is 0.207. The van der Waals surface area contributed by atoms with Crippen molar-refractivity contribution < 1.29 is 33.1 Å². The second kappa shape index (κ2) is 7.26. The number of imide groups is 1. The summed E-state index contributed by atoms with van der Waals surface area (Å²) in [7, 11) is 0. The van der Waals surface area contributed by atoms with Crippen LogP contribution in [-0.4, -0.2) is 67.4 Å². The van der Waals surface area contributed by atoms with E-state index in [1.54, 1.807) is 0 Å². The summed E-state index contributed by atoms with van der Waals surface area (Å²) in [5, 5.41) is 12.7. The zero-order valence-electron chi connectivity index (χ0n) is 14.4. The molecule has 142 valence electrons. The number of urea groups is 1. The largest absolute Gasteiger partial charge is 0.385 e. The highest BCUT2D eigenvalue weighted by Crippen LogP contribution is 2.31. The Balaban J connectivity index is 1.72. The third-order valence-corrected chi connectivity index (χ3v) is 4.86. The van der Waals surface area contributed by atoms with Crippen molar-refractivity contribution in [3.05, 3.63) is 35.4 Å². The van der Waals surface area contributed by atoms with Crippen molar-refractivity contribution in [3.63, 3.8) is 0 Å². The number of β-amino-alcohol motifs (C(OH)–C–C–N with tert-alkyl or cyclic N) is 1. The molecule has 3 N–H and O–H groups in total. The van der Waals surface area contributed by atoms with E-state index in [0.717, 1.165) is 41.1 Å². The molecule has 3 rings (SSSR count). The summed E-state index contributed by atoms with van der Waals surface area (Å²) < 4.78 is 32.9. The molecule has 2 atom stereocenters. The van der Waals surface area contributed by atoms with Gasteiger partial charge < -0.3 is 20.1 Å². The first-order chi connectivity index (χ1) is 12.3. The Labute approximate surface area is 149 Å². The summed E-state index contributed by atoms with van der Waals surface area (Å²) >= 11 is 0. The number of halogens is 2. The van der Waals surface area contributed by atoms with E-state index in [2.05, 4.69) is 5.32 Å². The van der Waals surface area contributed by atoms with E-state index in [1.165, 1.54) is 6.92 Å². The first-order valence-electron chi connectivity index (χ1n) is 8.50. The molecule has 2 saturated heterocycles. The molecule has 3 amide bonds. The van der Waals surface area contributed by atoms with Gasteiger partial charge in [-0.15, -0.1) is 0 Å². The summed E-state index contributed by atoms with van der Waals surface area (Å²) in [6.45, 7) is 4.16. The monoisotopic (exact) mass is 370 g/mol. The predicted octanol–water partition coefficient (Wildman–Crippen LogP) is -0.992. The Kier molecular flexibility index (Phi) is 5.22. The number of hydrogen-bond donors (Lipinski definition) is 3. The van der Waals surface area contributed by atoms with Crippen molar-refractivity contribution in [2.45, 2.75) is 18.6 Å². The number of rotatable bonds is 5. The van der Waals surface area contributed by atoms with Crippen LogP contribution >= 0.6 is 0 Å². The molecule has 0 aromatic heterocycles. The zero-order valence-corrected chi connectivity index (χ0v) is 14.4. The number of hydrogen-bond acceptors (Lipinski definition) is 4. The standard InChI is InChI=1S/C17H21F2N3O4/c1-17(13-8-11(18)2-3-14(13)19)15(24)22(16(25)20-17)10-12(23)9-21-4-6-26-7-5-21/h2-3,8,12,23H,4-7,9-10H2,1H3,(H,20,25)/p+1/t12-,17-/m0/s1. The molecule has 2 aliphatic heterocycles. The maximum absolute atomic E-state index is 14.1. The molecule has 0 spiro atoms. The number of carbonyl (C=O) groups is 2. The quantitative estimate of drug-likeness (QED) is 0.581. The number of nitrogens with zero attached hydrogens (tertiary/aromatic N) is 1. The molecule has 0 radical (unpaired) electrons. The molecule has 0 aliphatic carbocycles. The highest BCUT2D eigenvalue weighted by molar-refractivity contribution is 6.07. The lowest BCUT2D eigenvalue weighted by Gasteiger charge is -2.27. The van der Waals surface area contributed by atoms with E-state index in [0.29, 0.717) is 19.8 Å². The molecule has 0 bridgehead atoms. The van der Waals surface area contributed by atoms with E-state index in [1.807, 2.05) is 0 Å². The highest BCUT2D eigenvalue weighted by atomic mass is 19.1. The summed E-state index contributed by atoms with van der Waals surface area (Å²) in [4.78, 5) is 27.0. The van der Waals surface area contributed by atoms with Crippen molar-refractivity contribution >= 4 is 11.9 Å². The molecule has 26 heavy (non-hydrogen) atoms. The molecular weight excluding hydrogens is 348 g/mol. The van der Waals surface area contributed by atoms with E-state index < -0.39 is 35.2 Å². The van der Waals surface area contributed by atoms with Crippen LogP contribution in [0.1, 0.15) is 12.5 Å². The summed E-state index contributed by atoms with van der Waals surface area (Å²) in [6.07, 6.45) is -0.919. The number of carbonyl (C=O) groups excluding carboxylic acids is 2. The molecule has 1 aromatic carbocycles. The molecular formula is C17H22F2N3O4+. The molecule has 7 nitrogen and oxygen atoms in total. The number of amides is 3. The van der Waals surface area contributed by atoms with E-state index in [4.69, 9.17) is 4.74 Å². The lowest BCUT2D eigenvalue weighted by molar-refractivity contribution is -0.910. The first kappa shape index (κ1) is 18.7. The van der Waals surface area contributed by atoms with Gasteiger partial charge in [0.25, 0.3) is 5.91 Å². The number of quaternary nitrogens is 1. The van der Waals surface area contributed by atoms with E-state index in [9.17, 15) is 23.5 Å². The fourth-order valence-electron chi connectivity index (χ4n) is 3.40. The fraction of sp³-hybridized carbons (Fsp3) is 0.529. The molecule has 2 aliphatic rings. The van der Waals surface area contributed by atoms with Crippen molar-refractivity contribution in [2.75, 3.05) is 39.4 Å². The van der Waals surface area contributed by atoms with Gasteiger partial charge in [0.15, 0.2) is 0 Å². The van der Waals surface area contributed by atoms with Gasteiger partial charge in [0.1, 0.15) is 42.9 Å². The maximum atomic E-state index is 14.1. The fourth-order valence-corrected chi connectivity index (χ4v) is 3.40. The number of aliphatic hydroxyl groups is 1.